The normalized spacial score (nSPS) is 12.2. The van der Waals surface area contributed by atoms with E-state index in [0.717, 1.165) is 18.1 Å². The van der Waals surface area contributed by atoms with E-state index < -0.39 is 0 Å². The van der Waals surface area contributed by atoms with Crippen LogP contribution in [0.25, 0.3) is 0 Å². The van der Waals surface area contributed by atoms with Gasteiger partial charge < -0.3 is 10.1 Å². The number of aromatic nitrogens is 2. The average Bonchev–Trinajstić information content (AvgIpc) is 2.53. The summed E-state index contributed by atoms with van der Waals surface area (Å²) in [7, 11) is 0. The highest BCUT2D eigenvalue weighted by Crippen LogP contribution is 2.22. The van der Waals surface area contributed by atoms with Crippen LogP contribution in [0.1, 0.15) is 57.5 Å². The highest BCUT2D eigenvalue weighted by molar-refractivity contribution is 5.41. The SMILES string of the molecule is CCCOc1cc(NC(C)c2ccccc2)nc(C(C)C)n1. The Morgan fingerprint density at radius 1 is 1.09 bits per heavy atom. The maximum atomic E-state index is 5.68. The lowest BCUT2D eigenvalue weighted by molar-refractivity contribution is 0.303. The van der Waals surface area contributed by atoms with Crippen molar-refractivity contribution in [1.29, 1.82) is 0 Å². The Balaban J connectivity index is 2.20. The lowest BCUT2D eigenvalue weighted by Crippen LogP contribution is -2.11. The Kier molecular flexibility index (Phi) is 5.75. The molecule has 0 aliphatic carbocycles. The van der Waals surface area contributed by atoms with E-state index in [-0.39, 0.29) is 12.0 Å². The zero-order chi connectivity index (χ0) is 15.9. The number of nitrogens with zero attached hydrogens (tertiary/aromatic N) is 2. The molecule has 0 amide bonds. The van der Waals surface area contributed by atoms with Crippen molar-refractivity contribution in [3.63, 3.8) is 0 Å². The van der Waals surface area contributed by atoms with E-state index in [1.807, 2.05) is 24.3 Å². The first-order valence-corrected chi connectivity index (χ1v) is 7.93. The van der Waals surface area contributed by atoms with E-state index in [1.165, 1.54) is 5.56 Å². The van der Waals surface area contributed by atoms with Crippen LogP contribution >= 0.6 is 0 Å². The van der Waals surface area contributed by atoms with Gasteiger partial charge in [-0.1, -0.05) is 51.1 Å². The molecule has 0 fully saturated rings. The molecule has 1 heterocycles. The summed E-state index contributed by atoms with van der Waals surface area (Å²) in [4.78, 5) is 9.08. The van der Waals surface area contributed by atoms with Crippen LogP contribution < -0.4 is 10.1 Å². The molecule has 0 saturated heterocycles. The third-order valence-corrected chi connectivity index (χ3v) is 3.35. The van der Waals surface area contributed by atoms with Crippen molar-refractivity contribution in [2.75, 3.05) is 11.9 Å². The van der Waals surface area contributed by atoms with Crippen LogP contribution in [0.15, 0.2) is 36.4 Å². The minimum absolute atomic E-state index is 0.176. The molecular weight excluding hydrogens is 274 g/mol. The maximum Gasteiger partial charge on any atom is 0.218 e. The first-order chi connectivity index (χ1) is 10.6. The van der Waals surface area contributed by atoms with Crippen molar-refractivity contribution < 1.29 is 4.74 Å². The Morgan fingerprint density at radius 3 is 2.45 bits per heavy atom. The predicted molar refractivity (Wildman–Crippen MR) is 90.4 cm³/mol. The van der Waals surface area contributed by atoms with Crippen molar-refractivity contribution in [3.8, 4) is 5.88 Å². The first-order valence-electron chi connectivity index (χ1n) is 7.93. The van der Waals surface area contributed by atoms with Gasteiger partial charge in [-0.25, -0.2) is 4.98 Å². The van der Waals surface area contributed by atoms with Crippen molar-refractivity contribution >= 4 is 5.82 Å². The highest BCUT2D eigenvalue weighted by Gasteiger charge is 2.11. The predicted octanol–water partition coefficient (Wildman–Crippen LogP) is 4.56. The van der Waals surface area contributed by atoms with Gasteiger partial charge in [0.15, 0.2) is 0 Å². The highest BCUT2D eigenvalue weighted by atomic mass is 16.5. The molecule has 1 unspecified atom stereocenters. The summed E-state index contributed by atoms with van der Waals surface area (Å²) in [6.45, 7) is 9.05. The maximum absolute atomic E-state index is 5.68. The van der Waals surface area contributed by atoms with E-state index in [1.54, 1.807) is 0 Å². The number of rotatable bonds is 7. The molecule has 118 valence electrons. The van der Waals surface area contributed by atoms with Gasteiger partial charge in [0.1, 0.15) is 11.6 Å². The number of hydrogen-bond donors (Lipinski definition) is 1. The topological polar surface area (TPSA) is 47.0 Å². The van der Waals surface area contributed by atoms with E-state index in [0.29, 0.717) is 12.5 Å². The van der Waals surface area contributed by atoms with Crippen LogP contribution in [0.3, 0.4) is 0 Å². The molecule has 4 heteroatoms. The van der Waals surface area contributed by atoms with Crippen LogP contribution in [0.4, 0.5) is 5.82 Å². The fourth-order valence-corrected chi connectivity index (χ4v) is 2.10. The van der Waals surface area contributed by atoms with Gasteiger partial charge in [0.05, 0.1) is 6.61 Å². The standard InChI is InChI=1S/C18H25N3O/c1-5-11-22-17-12-16(20-18(21-17)13(2)3)19-14(4)15-9-7-6-8-10-15/h6-10,12-14H,5,11H2,1-4H3,(H,19,20,21). The lowest BCUT2D eigenvalue weighted by Gasteiger charge is -2.17. The van der Waals surface area contributed by atoms with Gasteiger partial charge in [-0.3, -0.25) is 0 Å². The van der Waals surface area contributed by atoms with Gasteiger partial charge in [0.25, 0.3) is 0 Å². The van der Waals surface area contributed by atoms with Gasteiger partial charge in [0.2, 0.25) is 5.88 Å². The number of hydrogen-bond acceptors (Lipinski definition) is 4. The van der Waals surface area contributed by atoms with E-state index >= 15 is 0 Å². The first kappa shape index (κ1) is 16.3. The Bertz CT molecular complexity index is 584. The number of benzene rings is 1. The second-order valence-electron chi connectivity index (χ2n) is 5.73. The zero-order valence-electron chi connectivity index (χ0n) is 13.8. The van der Waals surface area contributed by atoms with Crippen molar-refractivity contribution in [2.45, 2.75) is 46.1 Å². The van der Waals surface area contributed by atoms with E-state index in [2.05, 4.69) is 55.1 Å². The van der Waals surface area contributed by atoms with Gasteiger partial charge >= 0.3 is 0 Å². The Morgan fingerprint density at radius 2 is 1.82 bits per heavy atom. The molecule has 0 radical (unpaired) electrons. The monoisotopic (exact) mass is 299 g/mol. The molecule has 0 spiro atoms. The average molecular weight is 299 g/mol. The lowest BCUT2D eigenvalue weighted by atomic mass is 10.1. The van der Waals surface area contributed by atoms with Gasteiger partial charge in [0, 0.05) is 18.0 Å². The molecule has 0 bridgehead atoms. The fourth-order valence-electron chi connectivity index (χ4n) is 2.10. The van der Waals surface area contributed by atoms with Crippen LogP contribution in [0.5, 0.6) is 5.88 Å². The molecule has 2 rings (SSSR count). The Labute approximate surface area is 133 Å². The van der Waals surface area contributed by atoms with E-state index in [4.69, 9.17) is 4.74 Å². The number of nitrogens with one attached hydrogen (secondary N) is 1. The van der Waals surface area contributed by atoms with Gasteiger partial charge in [-0.2, -0.15) is 4.98 Å². The second kappa shape index (κ2) is 7.78. The number of anilines is 1. The smallest absolute Gasteiger partial charge is 0.218 e. The summed E-state index contributed by atoms with van der Waals surface area (Å²) in [5.74, 6) is 2.51. The third-order valence-electron chi connectivity index (χ3n) is 3.35. The molecule has 0 aliphatic heterocycles. The summed E-state index contributed by atoms with van der Waals surface area (Å²) in [5, 5.41) is 3.44. The van der Waals surface area contributed by atoms with Crippen LogP contribution in [0.2, 0.25) is 0 Å². The molecule has 1 aromatic carbocycles. The summed E-state index contributed by atoms with van der Waals surface area (Å²) in [6.07, 6.45) is 0.962. The molecule has 1 N–H and O–H groups in total. The quantitative estimate of drug-likeness (QED) is 0.814. The largest absolute Gasteiger partial charge is 0.478 e. The van der Waals surface area contributed by atoms with Crippen LogP contribution in [-0.4, -0.2) is 16.6 Å². The number of ether oxygens (including phenoxy) is 1. The molecular formula is C18H25N3O. The minimum Gasteiger partial charge on any atom is -0.478 e. The van der Waals surface area contributed by atoms with Gasteiger partial charge in [-0.15, -0.1) is 0 Å². The molecule has 4 nitrogen and oxygen atoms in total. The molecule has 0 aliphatic rings. The van der Waals surface area contributed by atoms with Gasteiger partial charge in [-0.05, 0) is 18.9 Å². The zero-order valence-corrected chi connectivity index (χ0v) is 13.8. The minimum atomic E-state index is 0.176. The molecule has 1 atom stereocenters. The molecule has 0 saturated carbocycles. The van der Waals surface area contributed by atoms with E-state index in [9.17, 15) is 0 Å². The van der Waals surface area contributed by atoms with Crippen LogP contribution in [0, 0.1) is 0 Å². The summed E-state index contributed by atoms with van der Waals surface area (Å²) in [6, 6.07) is 12.4. The van der Waals surface area contributed by atoms with Crippen molar-refractivity contribution in [2.24, 2.45) is 0 Å². The molecule has 1 aromatic heterocycles. The molecule has 2 aromatic rings. The summed E-state index contributed by atoms with van der Waals surface area (Å²) in [5.41, 5.74) is 1.23. The fraction of sp³-hybridized carbons (Fsp3) is 0.444. The van der Waals surface area contributed by atoms with Crippen molar-refractivity contribution in [3.05, 3.63) is 47.8 Å². The summed E-state index contributed by atoms with van der Waals surface area (Å²) >= 11 is 0. The van der Waals surface area contributed by atoms with Crippen LogP contribution in [-0.2, 0) is 0 Å². The summed E-state index contributed by atoms with van der Waals surface area (Å²) < 4.78 is 5.68. The second-order valence-corrected chi connectivity index (χ2v) is 5.73. The van der Waals surface area contributed by atoms with Crippen molar-refractivity contribution in [1.82, 2.24) is 9.97 Å². The molecule has 22 heavy (non-hydrogen) atoms. The Hall–Kier alpha value is -2.10. The third kappa shape index (κ3) is 4.45.